The van der Waals surface area contributed by atoms with Crippen LogP contribution in [0.25, 0.3) is 0 Å². The van der Waals surface area contributed by atoms with Gasteiger partial charge in [0.2, 0.25) is 0 Å². The summed E-state index contributed by atoms with van der Waals surface area (Å²) in [6, 6.07) is 14.3. The molecule has 0 heterocycles. The molecule has 0 atom stereocenters. The van der Waals surface area contributed by atoms with Crippen molar-refractivity contribution in [1.29, 1.82) is 0 Å². The van der Waals surface area contributed by atoms with Gasteiger partial charge in [-0.05, 0) is 30.5 Å². The molecular weight excluding hydrogens is 369 g/mol. The van der Waals surface area contributed by atoms with Gasteiger partial charge in [-0.25, -0.2) is 4.39 Å². The smallest absolute Gasteiger partial charge is 0.310 e. The summed E-state index contributed by atoms with van der Waals surface area (Å²) in [5.74, 6) is -1.64. The number of hydrogen-bond acceptors (Lipinski definition) is 3. The zero-order chi connectivity index (χ0) is 19.3. The summed E-state index contributed by atoms with van der Waals surface area (Å²) in [6.07, 6.45) is 2.85. The minimum Gasteiger partial charge on any atom is -0.455 e. The zero-order valence-corrected chi connectivity index (χ0v) is 15.6. The van der Waals surface area contributed by atoms with Gasteiger partial charge in [0.05, 0.1) is 6.42 Å². The number of hydrogen-bond donors (Lipinski definition) is 1. The molecule has 4 nitrogen and oxygen atoms in total. The largest absolute Gasteiger partial charge is 0.455 e. The van der Waals surface area contributed by atoms with E-state index in [0.717, 1.165) is 19.3 Å². The summed E-state index contributed by atoms with van der Waals surface area (Å²) in [5.41, 5.74) is 1.24. The molecule has 0 aliphatic heterocycles. The van der Waals surface area contributed by atoms with E-state index < -0.39 is 18.4 Å². The SMILES string of the molecule is O=C(COC(=O)Cc1c(F)cccc1Cl)NCC1(c2ccccc2)CCC1. The van der Waals surface area contributed by atoms with Gasteiger partial charge < -0.3 is 10.1 Å². The summed E-state index contributed by atoms with van der Waals surface area (Å²) < 4.78 is 18.7. The number of ether oxygens (including phenoxy) is 1. The van der Waals surface area contributed by atoms with Crippen molar-refractivity contribution in [3.05, 3.63) is 70.5 Å². The fourth-order valence-electron chi connectivity index (χ4n) is 3.32. The van der Waals surface area contributed by atoms with Gasteiger partial charge >= 0.3 is 5.97 Å². The van der Waals surface area contributed by atoms with Gasteiger partial charge in [-0.3, -0.25) is 9.59 Å². The van der Waals surface area contributed by atoms with Crippen LogP contribution in [0.15, 0.2) is 48.5 Å². The van der Waals surface area contributed by atoms with E-state index in [0.29, 0.717) is 6.54 Å². The average molecular weight is 390 g/mol. The maximum absolute atomic E-state index is 13.7. The van der Waals surface area contributed by atoms with E-state index in [2.05, 4.69) is 17.4 Å². The highest BCUT2D eigenvalue weighted by Crippen LogP contribution is 2.43. The molecule has 6 heteroatoms. The topological polar surface area (TPSA) is 55.4 Å². The minimum absolute atomic E-state index is 0.0401. The first-order valence-electron chi connectivity index (χ1n) is 8.91. The second kappa shape index (κ2) is 8.53. The number of halogens is 2. The molecule has 1 aliphatic rings. The quantitative estimate of drug-likeness (QED) is 0.733. The van der Waals surface area contributed by atoms with Gasteiger partial charge in [0, 0.05) is 22.5 Å². The molecule has 0 bridgehead atoms. The van der Waals surface area contributed by atoms with Crippen LogP contribution >= 0.6 is 11.6 Å². The van der Waals surface area contributed by atoms with Crippen molar-refractivity contribution < 1.29 is 18.7 Å². The molecule has 0 aromatic heterocycles. The van der Waals surface area contributed by atoms with Crippen LogP contribution in [0.1, 0.15) is 30.4 Å². The van der Waals surface area contributed by atoms with Crippen LogP contribution in [0.5, 0.6) is 0 Å². The van der Waals surface area contributed by atoms with Crippen molar-refractivity contribution >= 4 is 23.5 Å². The summed E-state index contributed by atoms with van der Waals surface area (Å²) in [6.45, 7) is 0.113. The van der Waals surface area contributed by atoms with Gasteiger partial charge in [-0.2, -0.15) is 0 Å². The molecule has 3 rings (SSSR count). The Balaban J connectivity index is 1.48. The third-order valence-electron chi connectivity index (χ3n) is 5.07. The summed E-state index contributed by atoms with van der Waals surface area (Å²) >= 11 is 5.89. The lowest BCUT2D eigenvalue weighted by Gasteiger charge is -2.42. The van der Waals surface area contributed by atoms with Crippen molar-refractivity contribution in [1.82, 2.24) is 5.32 Å². The molecule has 0 spiro atoms. The van der Waals surface area contributed by atoms with Gasteiger partial charge in [0.15, 0.2) is 6.61 Å². The summed E-state index contributed by atoms with van der Waals surface area (Å²) in [7, 11) is 0. The highest BCUT2D eigenvalue weighted by atomic mass is 35.5. The average Bonchev–Trinajstić information content (AvgIpc) is 2.63. The Bertz CT molecular complexity index is 801. The Morgan fingerprint density at radius 1 is 1.11 bits per heavy atom. The van der Waals surface area contributed by atoms with E-state index in [9.17, 15) is 14.0 Å². The van der Waals surface area contributed by atoms with Crippen molar-refractivity contribution in [2.24, 2.45) is 0 Å². The van der Waals surface area contributed by atoms with Crippen LogP contribution in [-0.4, -0.2) is 25.0 Å². The van der Waals surface area contributed by atoms with Crippen molar-refractivity contribution in [3.8, 4) is 0 Å². The standard InChI is InChI=1S/C21H21ClFNO3/c22-17-8-4-9-18(23)16(17)12-20(26)27-13-19(25)24-14-21(10-5-11-21)15-6-2-1-3-7-15/h1-4,6-9H,5,10-14H2,(H,24,25). The van der Waals surface area contributed by atoms with Crippen LogP contribution < -0.4 is 5.32 Å². The number of benzene rings is 2. The fourth-order valence-corrected chi connectivity index (χ4v) is 3.55. The van der Waals surface area contributed by atoms with E-state index in [1.54, 1.807) is 0 Å². The van der Waals surface area contributed by atoms with Crippen molar-refractivity contribution in [2.75, 3.05) is 13.2 Å². The highest BCUT2D eigenvalue weighted by Gasteiger charge is 2.38. The van der Waals surface area contributed by atoms with Gasteiger partial charge in [-0.1, -0.05) is 54.4 Å². The fraction of sp³-hybridized carbons (Fsp3) is 0.333. The number of carbonyl (C=O) groups is 2. The highest BCUT2D eigenvalue weighted by molar-refractivity contribution is 6.31. The predicted molar refractivity (Wildman–Crippen MR) is 101 cm³/mol. The Morgan fingerprint density at radius 3 is 2.48 bits per heavy atom. The Labute approximate surface area is 162 Å². The maximum atomic E-state index is 13.7. The van der Waals surface area contributed by atoms with E-state index >= 15 is 0 Å². The van der Waals surface area contributed by atoms with Gasteiger partial charge in [-0.15, -0.1) is 0 Å². The van der Waals surface area contributed by atoms with Crippen LogP contribution in [0, 0.1) is 5.82 Å². The van der Waals surface area contributed by atoms with Crippen LogP contribution in [0.3, 0.4) is 0 Å². The predicted octanol–water partition coefficient (Wildman–Crippen LogP) is 3.80. The Morgan fingerprint density at radius 2 is 1.85 bits per heavy atom. The van der Waals surface area contributed by atoms with Gasteiger partial charge in [0.1, 0.15) is 5.82 Å². The number of nitrogens with one attached hydrogen (secondary N) is 1. The van der Waals surface area contributed by atoms with Crippen LogP contribution in [0.4, 0.5) is 4.39 Å². The lowest BCUT2D eigenvalue weighted by atomic mass is 9.64. The molecule has 2 aromatic carbocycles. The molecular formula is C21H21ClFNO3. The summed E-state index contributed by atoms with van der Waals surface area (Å²) in [5, 5.41) is 3.01. The van der Waals surface area contributed by atoms with E-state index in [1.165, 1.54) is 23.8 Å². The van der Waals surface area contributed by atoms with Crippen molar-refractivity contribution in [3.63, 3.8) is 0 Å². The molecule has 1 aliphatic carbocycles. The van der Waals surface area contributed by atoms with Crippen LogP contribution in [0.2, 0.25) is 5.02 Å². The molecule has 0 unspecified atom stereocenters. The first-order chi connectivity index (χ1) is 13.0. The first kappa shape index (κ1) is 19.4. The molecule has 0 saturated heterocycles. The molecule has 2 aromatic rings. The molecule has 142 valence electrons. The normalized spacial score (nSPS) is 14.9. The lowest BCUT2D eigenvalue weighted by Crippen LogP contribution is -2.46. The number of amides is 1. The third-order valence-corrected chi connectivity index (χ3v) is 5.42. The first-order valence-corrected chi connectivity index (χ1v) is 9.29. The molecule has 0 radical (unpaired) electrons. The molecule has 1 fully saturated rings. The Kier molecular flexibility index (Phi) is 6.11. The van der Waals surface area contributed by atoms with Crippen molar-refractivity contribution in [2.45, 2.75) is 31.1 Å². The number of carbonyl (C=O) groups excluding carboxylic acids is 2. The van der Waals surface area contributed by atoms with Crippen LogP contribution in [-0.2, 0) is 26.2 Å². The number of esters is 1. The molecule has 1 amide bonds. The minimum atomic E-state index is -0.696. The Hall–Kier alpha value is -2.40. The lowest BCUT2D eigenvalue weighted by molar-refractivity contribution is -0.148. The second-order valence-corrected chi connectivity index (χ2v) is 7.22. The van der Waals surface area contributed by atoms with E-state index in [4.69, 9.17) is 16.3 Å². The van der Waals surface area contributed by atoms with E-state index in [-0.39, 0.29) is 28.3 Å². The summed E-state index contributed by atoms with van der Waals surface area (Å²) in [4.78, 5) is 23.9. The third kappa shape index (κ3) is 4.66. The number of rotatable bonds is 7. The monoisotopic (exact) mass is 389 g/mol. The molecule has 1 N–H and O–H groups in total. The van der Waals surface area contributed by atoms with E-state index in [1.807, 2.05) is 18.2 Å². The van der Waals surface area contributed by atoms with Gasteiger partial charge in [0.25, 0.3) is 5.91 Å². The second-order valence-electron chi connectivity index (χ2n) is 6.81. The maximum Gasteiger partial charge on any atom is 0.310 e. The zero-order valence-electron chi connectivity index (χ0n) is 14.8. The molecule has 27 heavy (non-hydrogen) atoms. The molecule has 1 saturated carbocycles.